The van der Waals surface area contributed by atoms with Crippen LogP contribution in [-0.2, 0) is 0 Å². The number of hydrogen-bond donors (Lipinski definition) is 0. The minimum absolute atomic E-state index is 0.702. The van der Waals surface area contributed by atoms with E-state index < -0.39 is 0 Å². The molecule has 2 heterocycles. The second-order valence-corrected chi connectivity index (χ2v) is 14.5. The summed E-state index contributed by atoms with van der Waals surface area (Å²) in [6.45, 7) is 0. The largest absolute Gasteiger partial charge is 0.455 e. The van der Waals surface area contributed by atoms with Crippen LogP contribution in [0.4, 0.5) is 0 Å². The summed E-state index contributed by atoms with van der Waals surface area (Å²) in [7, 11) is 0. The number of aromatic nitrogens is 2. The highest BCUT2D eigenvalue weighted by atomic mass is 16.3. The first-order valence-electron chi connectivity index (χ1n) is 19.3. The topological polar surface area (TPSA) is 38.9 Å². The summed E-state index contributed by atoms with van der Waals surface area (Å²) in [5, 5.41) is 7.00. The minimum Gasteiger partial charge on any atom is -0.455 e. The molecular formula is C54H34N2O. The van der Waals surface area contributed by atoms with Gasteiger partial charge in [0, 0.05) is 32.8 Å². The van der Waals surface area contributed by atoms with E-state index in [0.717, 1.165) is 66.5 Å². The molecule has 0 saturated heterocycles. The van der Waals surface area contributed by atoms with Gasteiger partial charge in [-0.3, -0.25) is 0 Å². The van der Waals surface area contributed by atoms with Gasteiger partial charge in [0.25, 0.3) is 0 Å². The summed E-state index contributed by atoms with van der Waals surface area (Å²) < 4.78 is 6.76. The summed E-state index contributed by atoms with van der Waals surface area (Å²) in [6, 6.07) is 72.7. The molecule has 3 nitrogen and oxygen atoms in total. The van der Waals surface area contributed by atoms with Crippen molar-refractivity contribution in [2.45, 2.75) is 0 Å². The Morgan fingerprint density at radius 3 is 1.65 bits per heavy atom. The lowest BCUT2D eigenvalue weighted by Gasteiger charge is -2.11. The zero-order chi connectivity index (χ0) is 37.7. The Labute approximate surface area is 330 Å². The monoisotopic (exact) mass is 726 g/mol. The molecule has 0 N–H and O–H groups in total. The van der Waals surface area contributed by atoms with Crippen molar-refractivity contribution in [1.29, 1.82) is 0 Å². The van der Waals surface area contributed by atoms with Crippen LogP contribution in [0.2, 0.25) is 0 Å². The summed E-state index contributed by atoms with van der Waals surface area (Å²) in [6.07, 6.45) is 0. The highest BCUT2D eigenvalue weighted by Crippen LogP contribution is 2.42. The van der Waals surface area contributed by atoms with Crippen molar-refractivity contribution in [3.63, 3.8) is 0 Å². The van der Waals surface area contributed by atoms with E-state index in [0.29, 0.717) is 5.82 Å². The average Bonchev–Trinajstić information content (AvgIpc) is 3.67. The predicted molar refractivity (Wildman–Crippen MR) is 237 cm³/mol. The van der Waals surface area contributed by atoms with Crippen LogP contribution >= 0.6 is 0 Å². The zero-order valence-electron chi connectivity index (χ0n) is 30.9. The molecule has 0 aliphatic carbocycles. The van der Waals surface area contributed by atoms with Crippen molar-refractivity contribution in [2.75, 3.05) is 0 Å². The summed E-state index contributed by atoms with van der Waals surface area (Å²) >= 11 is 0. The summed E-state index contributed by atoms with van der Waals surface area (Å²) in [5.74, 6) is 0.702. The van der Waals surface area contributed by atoms with Gasteiger partial charge < -0.3 is 4.42 Å². The molecular weight excluding hydrogens is 693 g/mol. The van der Waals surface area contributed by atoms with Crippen LogP contribution in [0.25, 0.3) is 111 Å². The Morgan fingerprint density at radius 2 is 0.860 bits per heavy atom. The number of benzene rings is 9. The zero-order valence-corrected chi connectivity index (χ0v) is 30.9. The molecule has 11 aromatic rings. The van der Waals surface area contributed by atoms with Gasteiger partial charge in [-0.05, 0) is 79.9 Å². The predicted octanol–water partition coefficient (Wildman–Crippen LogP) is 14.7. The maximum atomic E-state index is 6.76. The number of rotatable bonds is 6. The molecule has 2 aromatic heterocycles. The molecule has 0 aliphatic rings. The van der Waals surface area contributed by atoms with Crippen molar-refractivity contribution in [1.82, 2.24) is 9.97 Å². The Morgan fingerprint density at radius 1 is 0.298 bits per heavy atom. The van der Waals surface area contributed by atoms with Crippen molar-refractivity contribution in [3.05, 3.63) is 206 Å². The summed E-state index contributed by atoms with van der Waals surface area (Å²) in [4.78, 5) is 10.1. The molecule has 0 aliphatic heterocycles. The van der Waals surface area contributed by atoms with E-state index in [9.17, 15) is 0 Å². The highest BCUT2D eigenvalue weighted by molar-refractivity contribution is 6.19. The first-order valence-corrected chi connectivity index (χ1v) is 19.3. The fourth-order valence-electron chi connectivity index (χ4n) is 8.25. The molecule has 0 unspecified atom stereocenters. The van der Waals surface area contributed by atoms with Crippen molar-refractivity contribution in [2.24, 2.45) is 0 Å². The Hall–Kier alpha value is -7.62. The maximum absolute atomic E-state index is 6.76. The van der Waals surface area contributed by atoms with E-state index in [4.69, 9.17) is 14.4 Å². The summed E-state index contributed by atoms with van der Waals surface area (Å²) in [5.41, 5.74) is 13.6. The van der Waals surface area contributed by atoms with Crippen LogP contribution in [-0.4, -0.2) is 9.97 Å². The van der Waals surface area contributed by atoms with Gasteiger partial charge in [-0.25, -0.2) is 9.97 Å². The van der Waals surface area contributed by atoms with Crippen molar-refractivity contribution in [3.8, 4) is 67.3 Å². The number of furan rings is 1. The molecule has 9 aromatic carbocycles. The van der Waals surface area contributed by atoms with Gasteiger partial charge in [0.1, 0.15) is 11.2 Å². The Balaban J connectivity index is 0.990. The molecule has 0 fully saturated rings. The number of nitrogens with zero attached hydrogens (tertiary/aromatic N) is 2. The third kappa shape index (κ3) is 5.85. The maximum Gasteiger partial charge on any atom is 0.160 e. The second kappa shape index (κ2) is 13.6. The molecule has 266 valence electrons. The van der Waals surface area contributed by atoms with E-state index in [-0.39, 0.29) is 0 Å². The number of fused-ring (bicyclic) bond motifs is 6. The van der Waals surface area contributed by atoms with Gasteiger partial charge >= 0.3 is 0 Å². The van der Waals surface area contributed by atoms with Gasteiger partial charge in [-0.15, -0.1) is 0 Å². The SMILES string of the molecule is c1ccc(-c2cc(-c3cccc(-c4ccc5c(c4)oc4c6ccccc6c(-c6ccc(-c7cccc8ccccc78)cc6)cc54)c3)nc(-c3ccccc3)n2)cc1. The fourth-order valence-corrected chi connectivity index (χ4v) is 8.25. The van der Waals surface area contributed by atoms with Crippen LogP contribution in [0, 0.1) is 0 Å². The molecule has 0 spiro atoms. The van der Waals surface area contributed by atoms with Gasteiger partial charge in [-0.1, -0.05) is 176 Å². The molecule has 0 amide bonds. The third-order valence-corrected chi connectivity index (χ3v) is 11.1. The first kappa shape index (κ1) is 32.8. The smallest absolute Gasteiger partial charge is 0.160 e. The molecule has 3 heteroatoms. The van der Waals surface area contributed by atoms with E-state index in [1.807, 2.05) is 36.4 Å². The molecule has 0 atom stereocenters. The van der Waals surface area contributed by atoms with Gasteiger partial charge in [-0.2, -0.15) is 0 Å². The lowest BCUT2D eigenvalue weighted by molar-refractivity contribution is 0.673. The molecule has 0 saturated carbocycles. The normalized spacial score (nSPS) is 11.5. The van der Waals surface area contributed by atoms with E-state index >= 15 is 0 Å². The van der Waals surface area contributed by atoms with Crippen LogP contribution in [0.15, 0.2) is 211 Å². The highest BCUT2D eigenvalue weighted by Gasteiger charge is 2.17. The van der Waals surface area contributed by atoms with Gasteiger partial charge in [0.2, 0.25) is 0 Å². The minimum atomic E-state index is 0.702. The molecule has 0 bridgehead atoms. The number of hydrogen-bond acceptors (Lipinski definition) is 3. The van der Waals surface area contributed by atoms with Gasteiger partial charge in [0.05, 0.1) is 11.4 Å². The lowest BCUT2D eigenvalue weighted by atomic mass is 9.93. The Bertz CT molecular complexity index is 3210. The van der Waals surface area contributed by atoms with Gasteiger partial charge in [0.15, 0.2) is 5.82 Å². The van der Waals surface area contributed by atoms with Crippen LogP contribution in [0.3, 0.4) is 0 Å². The van der Waals surface area contributed by atoms with E-state index in [1.165, 1.54) is 38.4 Å². The quantitative estimate of drug-likeness (QED) is 0.171. The third-order valence-electron chi connectivity index (χ3n) is 11.1. The molecule has 11 rings (SSSR count). The second-order valence-electron chi connectivity index (χ2n) is 14.5. The van der Waals surface area contributed by atoms with Crippen LogP contribution < -0.4 is 0 Å². The van der Waals surface area contributed by atoms with Crippen molar-refractivity contribution >= 4 is 43.5 Å². The first-order chi connectivity index (χ1) is 28.2. The van der Waals surface area contributed by atoms with E-state index in [2.05, 4.69) is 170 Å². The lowest BCUT2D eigenvalue weighted by Crippen LogP contribution is -1.96. The van der Waals surface area contributed by atoms with E-state index in [1.54, 1.807) is 0 Å². The van der Waals surface area contributed by atoms with Crippen LogP contribution in [0.1, 0.15) is 0 Å². The average molecular weight is 727 g/mol. The molecule has 0 radical (unpaired) electrons. The van der Waals surface area contributed by atoms with Crippen LogP contribution in [0.5, 0.6) is 0 Å². The fraction of sp³-hybridized carbons (Fsp3) is 0. The standard InChI is InChI=1S/C54H34N2O/c1-3-14-38(15-4-1)50-34-51(56-54(55-50)39-16-5-2-6-17-39)42-20-11-19-40(31-42)41-29-30-46-49-33-48(45-22-9-10-23-47(45)53(49)57-52(46)32-41)37-27-25-36(26-28-37)44-24-12-18-35-13-7-8-21-43(35)44/h1-34H. The Kier molecular flexibility index (Phi) is 7.82. The molecule has 57 heavy (non-hydrogen) atoms. The van der Waals surface area contributed by atoms with Crippen molar-refractivity contribution < 1.29 is 4.42 Å².